The molecule has 0 saturated heterocycles. The van der Waals surface area contributed by atoms with Crippen molar-refractivity contribution in [1.29, 1.82) is 0 Å². The molecule has 0 fully saturated rings. The van der Waals surface area contributed by atoms with Crippen LogP contribution in [-0.4, -0.2) is 19.7 Å². The van der Waals surface area contributed by atoms with Gasteiger partial charge in [0.05, 0.1) is 7.11 Å². The van der Waals surface area contributed by atoms with E-state index in [0.717, 1.165) is 24.9 Å². The Bertz CT molecular complexity index is 395. The molecule has 0 radical (unpaired) electrons. The van der Waals surface area contributed by atoms with Crippen LogP contribution in [0.1, 0.15) is 45.6 Å². The third-order valence-electron chi connectivity index (χ3n) is 3.76. The zero-order chi connectivity index (χ0) is 15.0. The van der Waals surface area contributed by atoms with Crippen molar-refractivity contribution >= 4 is 0 Å². The first-order chi connectivity index (χ1) is 9.62. The molecule has 20 heavy (non-hydrogen) atoms. The average Bonchev–Trinajstić information content (AvgIpc) is 2.43. The van der Waals surface area contributed by atoms with Gasteiger partial charge in [0.25, 0.3) is 0 Å². The molecule has 1 N–H and O–H groups in total. The van der Waals surface area contributed by atoms with Crippen LogP contribution < -0.4 is 10.1 Å². The highest BCUT2D eigenvalue weighted by atomic mass is 19.1. The molecular weight excluding hydrogens is 253 g/mol. The van der Waals surface area contributed by atoms with Gasteiger partial charge in [-0.15, -0.1) is 0 Å². The van der Waals surface area contributed by atoms with E-state index in [2.05, 4.69) is 26.1 Å². The summed E-state index contributed by atoms with van der Waals surface area (Å²) in [6.07, 6.45) is 4.36. The molecule has 2 nitrogen and oxygen atoms in total. The first-order valence-electron chi connectivity index (χ1n) is 7.68. The van der Waals surface area contributed by atoms with Crippen LogP contribution in [0.3, 0.4) is 0 Å². The van der Waals surface area contributed by atoms with E-state index in [4.69, 9.17) is 4.74 Å². The molecule has 0 amide bonds. The average molecular weight is 281 g/mol. The van der Waals surface area contributed by atoms with E-state index in [1.807, 2.05) is 6.07 Å². The lowest BCUT2D eigenvalue weighted by Gasteiger charge is -2.25. The van der Waals surface area contributed by atoms with E-state index < -0.39 is 0 Å². The first kappa shape index (κ1) is 17.0. The van der Waals surface area contributed by atoms with Gasteiger partial charge in [-0.25, -0.2) is 4.39 Å². The maximum absolute atomic E-state index is 13.8. The Morgan fingerprint density at radius 2 is 2.00 bits per heavy atom. The van der Waals surface area contributed by atoms with Crippen molar-refractivity contribution in [3.63, 3.8) is 0 Å². The van der Waals surface area contributed by atoms with E-state index >= 15 is 0 Å². The summed E-state index contributed by atoms with van der Waals surface area (Å²) >= 11 is 0. The Morgan fingerprint density at radius 1 is 1.25 bits per heavy atom. The van der Waals surface area contributed by atoms with E-state index in [9.17, 15) is 4.39 Å². The number of benzene rings is 1. The minimum atomic E-state index is -0.276. The molecule has 0 aliphatic carbocycles. The fourth-order valence-corrected chi connectivity index (χ4v) is 2.55. The van der Waals surface area contributed by atoms with Crippen LogP contribution in [0, 0.1) is 11.7 Å². The second-order valence-corrected chi connectivity index (χ2v) is 5.50. The largest absolute Gasteiger partial charge is 0.494 e. The number of methoxy groups -OCH3 is 1. The molecule has 0 aromatic heterocycles. The van der Waals surface area contributed by atoms with Crippen LogP contribution in [0.15, 0.2) is 18.2 Å². The number of hydrogen-bond acceptors (Lipinski definition) is 2. The normalized spacial score (nSPS) is 14.1. The van der Waals surface area contributed by atoms with Gasteiger partial charge in [-0.05, 0) is 49.4 Å². The lowest BCUT2D eigenvalue weighted by Crippen LogP contribution is -2.37. The number of halogens is 1. The Kier molecular flexibility index (Phi) is 7.60. The Morgan fingerprint density at radius 3 is 2.55 bits per heavy atom. The topological polar surface area (TPSA) is 21.3 Å². The van der Waals surface area contributed by atoms with Gasteiger partial charge in [0.1, 0.15) is 0 Å². The summed E-state index contributed by atoms with van der Waals surface area (Å²) in [7, 11) is 1.49. The van der Waals surface area contributed by atoms with Gasteiger partial charge in [0.15, 0.2) is 11.6 Å². The highest BCUT2D eigenvalue weighted by Crippen LogP contribution is 2.21. The molecule has 2 atom stereocenters. The minimum absolute atomic E-state index is 0.276. The van der Waals surface area contributed by atoms with E-state index in [0.29, 0.717) is 17.7 Å². The highest BCUT2D eigenvalue weighted by Gasteiger charge is 2.17. The van der Waals surface area contributed by atoms with Crippen molar-refractivity contribution in [3.8, 4) is 5.75 Å². The van der Waals surface area contributed by atoms with E-state index in [1.54, 1.807) is 12.1 Å². The number of nitrogens with one attached hydrogen (secondary N) is 1. The zero-order valence-corrected chi connectivity index (χ0v) is 13.2. The molecule has 114 valence electrons. The monoisotopic (exact) mass is 281 g/mol. The predicted octanol–water partition coefficient (Wildman–Crippen LogP) is 4.18. The zero-order valence-electron chi connectivity index (χ0n) is 13.2. The SMILES string of the molecule is CCCNC(Cc1ccc(OC)c(F)c1)C(C)CCC. The van der Waals surface area contributed by atoms with Crippen LogP contribution in [-0.2, 0) is 6.42 Å². The van der Waals surface area contributed by atoms with Crippen molar-refractivity contribution in [3.05, 3.63) is 29.6 Å². The van der Waals surface area contributed by atoms with Crippen LogP contribution >= 0.6 is 0 Å². The molecule has 1 rings (SSSR count). The van der Waals surface area contributed by atoms with Crippen molar-refractivity contribution < 1.29 is 9.13 Å². The summed E-state index contributed by atoms with van der Waals surface area (Å²) in [6.45, 7) is 7.66. The lowest BCUT2D eigenvalue weighted by atomic mass is 9.91. The molecule has 0 saturated carbocycles. The van der Waals surface area contributed by atoms with E-state index in [-0.39, 0.29) is 5.82 Å². The molecule has 2 unspecified atom stereocenters. The molecule has 0 aliphatic rings. The summed E-state index contributed by atoms with van der Waals surface area (Å²) < 4.78 is 18.7. The van der Waals surface area contributed by atoms with Gasteiger partial charge in [0, 0.05) is 6.04 Å². The maximum Gasteiger partial charge on any atom is 0.165 e. The molecular formula is C17H28FNO. The van der Waals surface area contributed by atoms with Crippen molar-refractivity contribution in [2.75, 3.05) is 13.7 Å². The van der Waals surface area contributed by atoms with Crippen LogP contribution in [0.5, 0.6) is 5.75 Å². The quantitative estimate of drug-likeness (QED) is 0.733. The lowest BCUT2D eigenvalue weighted by molar-refractivity contribution is 0.351. The highest BCUT2D eigenvalue weighted by molar-refractivity contribution is 5.29. The van der Waals surface area contributed by atoms with Gasteiger partial charge in [-0.3, -0.25) is 0 Å². The second-order valence-electron chi connectivity index (χ2n) is 5.50. The van der Waals surface area contributed by atoms with Crippen LogP contribution in [0.25, 0.3) is 0 Å². The van der Waals surface area contributed by atoms with Gasteiger partial charge in [-0.2, -0.15) is 0 Å². The molecule has 0 heterocycles. The summed E-state index contributed by atoms with van der Waals surface area (Å²) in [5.41, 5.74) is 1.03. The molecule has 1 aromatic rings. The smallest absolute Gasteiger partial charge is 0.165 e. The van der Waals surface area contributed by atoms with Gasteiger partial charge < -0.3 is 10.1 Å². The predicted molar refractivity (Wildman–Crippen MR) is 82.8 cm³/mol. The van der Waals surface area contributed by atoms with Gasteiger partial charge in [0.2, 0.25) is 0 Å². The number of rotatable bonds is 9. The van der Waals surface area contributed by atoms with E-state index in [1.165, 1.54) is 20.0 Å². The first-order valence-corrected chi connectivity index (χ1v) is 7.68. The Hall–Kier alpha value is -1.09. The third-order valence-corrected chi connectivity index (χ3v) is 3.76. The van der Waals surface area contributed by atoms with Crippen molar-refractivity contribution in [2.24, 2.45) is 5.92 Å². The number of hydrogen-bond donors (Lipinski definition) is 1. The van der Waals surface area contributed by atoms with Gasteiger partial charge >= 0.3 is 0 Å². The standard InChI is InChI=1S/C17H28FNO/c1-5-7-13(3)16(19-10-6-2)12-14-8-9-17(20-4)15(18)11-14/h8-9,11,13,16,19H,5-7,10,12H2,1-4H3. The van der Waals surface area contributed by atoms with Gasteiger partial charge in [-0.1, -0.05) is 33.3 Å². The summed E-state index contributed by atoms with van der Waals surface area (Å²) in [5.74, 6) is 0.632. The third kappa shape index (κ3) is 5.12. The fraction of sp³-hybridized carbons (Fsp3) is 0.647. The van der Waals surface area contributed by atoms with Crippen LogP contribution in [0.4, 0.5) is 4.39 Å². The molecule has 0 bridgehead atoms. The Balaban J connectivity index is 2.74. The fourth-order valence-electron chi connectivity index (χ4n) is 2.55. The minimum Gasteiger partial charge on any atom is -0.494 e. The summed E-state index contributed by atoms with van der Waals surface area (Å²) in [4.78, 5) is 0. The Labute approximate surface area is 122 Å². The van der Waals surface area contributed by atoms with Crippen molar-refractivity contribution in [1.82, 2.24) is 5.32 Å². The second kappa shape index (κ2) is 8.96. The summed E-state index contributed by atoms with van der Waals surface area (Å²) in [6, 6.07) is 5.67. The summed E-state index contributed by atoms with van der Waals surface area (Å²) in [5, 5.41) is 3.60. The van der Waals surface area contributed by atoms with Crippen molar-refractivity contribution in [2.45, 2.75) is 52.5 Å². The molecule has 0 spiro atoms. The number of ether oxygens (including phenoxy) is 1. The maximum atomic E-state index is 13.8. The molecule has 3 heteroatoms. The molecule has 1 aromatic carbocycles. The van der Waals surface area contributed by atoms with Crippen LogP contribution in [0.2, 0.25) is 0 Å². The molecule has 0 aliphatic heterocycles.